The van der Waals surface area contributed by atoms with Gasteiger partial charge in [-0.05, 0) is 84.0 Å². The summed E-state index contributed by atoms with van der Waals surface area (Å²) in [6, 6.07) is 15.6. The van der Waals surface area contributed by atoms with Crippen molar-refractivity contribution >= 4 is 40.6 Å². The van der Waals surface area contributed by atoms with Crippen molar-refractivity contribution in [2.75, 3.05) is 10.6 Å². The number of primary amides is 1. The van der Waals surface area contributed by atoms with E-state index in [-0.39, 0.29) is 28.6 Å². The van der Waals surface area contributed by atoms with Gasteiger partial charge in [0.05, 0.1) is 5.69 Å². The quantitative estimate of drug-likeness (QED) is 0.262. The molecule has 0 spiro atoms. The first-order valence-electron chi connectivity index (χ1n) is 11.8. The number of carbonyl (C=O) groups is 3. The monoisotopic (exact) mass is 547 g/mol. The number of hydrogen-bond donors (Lipinski definition) is 4. The summed E-state index contributed by atoms with van der Waals surface area (Å²) >= 11 is 0.707. The van der Waals surface area contributed by atoms with Crippen LogP contribution < -0.4 is 21.7 Å². The molecule has 1 aromatic heterocycles. The second-order valence-electron chi connectivity index (χ2n) is 8.92. The molecule has 0 saturated heterocycles. The molecule has 0 aliphatic heterocycles. The van der Waals surface area contributed by atoms with Gasteiger partial charge in [-0.25, -0.2) is 4.39 Å². The Bertz CT molecular complexity index is 1540. The summed E-state index contributed by atoms with van der Waals surface area (Å²) in [5, 5.41) is 12.7. The van der Waals surface area contributed by atoms with Gasteiger partial charge in [0.2, 0.25) is 5.91 Å². The molecule has 9 nitrogen and oxygen atoms in total. The number of nitrogen functional groups attached to an aromatic ring is 1. The maximum absolute atomic E-state index is 14.1. The van der Waals surface area contributed by atoms with Crippen molar-refractivity contribution in [1.82, 2.24) is 9.69 Å². The first kappa shape index (κ1) is 27.3. The fourth-order valence-electron chi connectivity index (χ4n) is 3.96. The molecule has 0 saturated carbocycles. The predicted molar refractivity (Wildman–Crippen MR) is 147 cm³/mol. The van der Waals surface area contributed by atoms with Gasteiger partial charge >= 0.3 is 0 Å². The molecule has 4 rings (SSSR count). The first-order chi connectivity index (χ1) is 18.6. The maximum Gasteiger partial charge on any atom is 0.273 e. The number of phenols is 1. The summed E-state index contributed by atoms with van der Waals surface area (Å²) in [5.41, 5.74) is 14.3. The Hall–Kier alpha value is -4.77. The number of nitrogens with two attached hydrogens (primary N) is 2. The van der Waals surface area contributed by atoms with Crippen LogP contribution in [0.5, 0.6) is 5.75 Å². The minimum absolute atomic E-state index is 0.0221. The summed E-state index contributed by atoms with van der Waals surface area (Å²) in [5.74, 6) is -2.53. The van der Waals surface area contributed by atoms with Crippen molar-refractivity contribution in [2.45, 2.75) is 26.4 Å². The second-order valence-corrected chi connectivity index (χ2v) is 9.69. The summed E-state index contributed by atoms with van der Waals surface area (Å²) in [6.45, 7) is 3.85. The van der Waals surface area contributed by atoms with Crippen LogP contribution in [0.1, 0.15) is 48.5 Å². The number of aromatic nitrogens is 1. The number of nitrogens with zero attached hydrogens (tertiary/aromatic N) is 2. The number of hydrogen-bond acceptors (Lipinski definition) is 7. The number of anilines is 2. The minimum atomic E-state index is -1.22. The van der Waals surface area contributed by atoms with E-state index in [0.29, 0.717) is 28.3 Å². The number of rotatable bonds is 8. The molecule has 1 atom stereocenters. The van der Waals surface area contributed by atoms with Crippen LogP contribution in [0.15, 0.2) is 66.7 Å². The lowest BCUT2D eigenvalue weighted by Crippen LogP contribution is -2.44. The van der Waals surface area contributed by atoms with Gasteiger partial charge < -0.3 is 21.9 Å². The molecule has 200 valence electrons. The van der Waals surface area contributed by atoms with Gasteiger partial charge in [-0.2, -0.15) is 4.37 Å². The number of aryl methyl sites for hydroxylation is 2. The number of nitrogens with one attached hydrogen (secondary N) is 1. The molecule has 3 aromatic carbocycles. The number of halogens is 1. The molecular weight excluding hydrogens is 521 g/mol. The second kappa shape index (κ2) is 11.3. The van der Waals surface area contributed by atoms with E-state index in [0.717, 1.165) is 11.1 Å². The average molecular weight is 548 g/mol. The topological polar surface area (TPSA) is 152 Å². The first-order valence-corrected chi connectivity index (χ1v) is 12.6. The Kier molecular flexibility index (Phi) is 7.91. The molecule has 6 N–H and O–H groups in total. The molecule has 3 amide bonds. The third-order valence-electron chi connectivity index (χ3n) is 6.24. The van der Waals surface area contributed by atoms with Gasteiger partial charge in [0.25, 0.3) is 11.8 Å². The van der Waals surface area contributed by atoms with Gasteiger partial charge in [-0.1, -0.05) is 30.3 Å². The summed E-state index contributed by atoms with van der Waals surface area (Å²) in [6.07, 6.45) is 0. The Labute approximate surface area is 228 Å². The van der Waals surface area contributed by atoms with Gasteiger partial charge in [0.15, 0.2) is 5.69 Å². The zero-order chi connectivity index (χ0) is 28.3. The van der Waals surface area contributed by atoms with Crippen molar-refractivity contribution < 1.29 is 23.9 Å². The number of benzene rings is 3. The summed E-state index contributed by atoms with van der Waals surface area (Å²) < 4.78 is 17.3. The third kappa shape index (κ3) is 5.88. The normalized spacial score (nSPS) is 11.6. The van der Waals surface area contributed by atoms with Crippen LogP contribution in [0.25, 0.3) is 0 Å². The van der Waals surface area contributed by atoms with Gasteiger partial charge in [0, 0.05) is 12.2 Å². The SMILES string of the molecule is Cc1ccc(N(C(=O)c2snc(C(N)=O)c2N)[C@@H](C(=O)NCc2ccc(F)cc2)c2ccc(O)cc2)cc1C. The molecule has 0 aliphatic carbocycles. The van der Waals surface area contributed by atoms with Crippen LogP contribution in [0, 0.1) is 19.7 Å². The number of carbonyl (C=O) groups excluding carboxylic acids is 3. The Morgan fingerprint density at radius 1 is 1.03 bits per heavy atom. The van der Waals surface area contributed by atoms with E-state index in [9.17, 15) is 23.9 Å². The van der Waals surface area contributed by atoms with E-state index in [4.69, 9.17) is 11.5 Å². The number of amides is 3. The standard InChI is InChI=1S/C28H26FN5O4S/c1-15-3-10-20(13-16(15)2)34(28(38)25-22(30)23(26(31)36)33-39-25)24(18-6-11-21(35)12-7-18)27(37)32-14-17-4-8-19(29)9-5-17/h3-13,24,35H,14,30H2,1-2H3,(H2,31,36)(H,32,37)/t24-/m1/s1. The van der Waals surface area contributed by atoms with Crippen molar-refractivity contribution in [3.05, 3.63) is 105 Å². The molecule has 4 aromatic rings. The fraction of sp³-hybridized carbons (Fsp3) is 0.143. The van der Waals surface area contributed by atoms with Crippen LogP contribution in [-0.4, -0.2) is 27.2 Å². The van der Waals surface area contributed by atoms with Crippen LogP contribution in [-0.2, 0) is 11.3 Å². The molecule has 0 bridgehead atoms. The van der Waals surface area contributed by atoms with Gasteiger partial charge in [-0.3, -0.25) is 19.3 Å². The lowest BCUT2D eigenvalue weighted by atomic mass is 10.0. The van der Waals surface area contributed by atoms with Crippen molar-refractivity contribution in [2.24, 2.45) is 5.73 Å². The minimum Gasteiger partial charge on any atom is -0.508 e. The van der Waals surface area contributed by atoms with E-state index in [1.54, 1.807) is 24.3 Å². The predicted octanol–water partition coefficient (Wildman–Crippen LogP) is 3.99. The highest BCUT2D eigenvalue weighted by molar-refractivity contribution is 7.09. The smallest absolute Gasteiger partial charge is 0.273 e. The van der Waals surface area contributed by atoms with Gasteiger partial charge in [0.1, 0.15) is 22.5 Å². The molecular formula is C28H26FN5O4S. The third-order valence-corrected chi connectivity index (χ3v) is 7.09. The lowest BCUT2D eigenvalue weighted by molar-refractivity contribution is -0.122. The van der Waals surface area contributed by atoms with Crippen molar-refractivity contribution in [3.8, 4) is 5.75 Å². The van der Waals surface area contributed by atoms with Crippen molar-refractivity contribution in [1.29, 1.82) is 0 Å². The molecule has 39 heavy (non-hydrogen) atoms. The highest BCUT2D eigenvalue weighted by Crippen LogP contribution is 2.34. The van der Waals surface area contributed by atoms with Crippen LogP contribution in [0.2, 0.25) is 0 Å². The van der Waals surface area contributed by atoms with E-state index in [1.807, 2.05) is 19.9 Å². The molecule has 1 heterocycles. The van der Waals surface area contributed by atoms with E-state index < -0.39 is 29.6 Å². The molecule has 11 heteroatoms. The van der Waals surface area contributed by atoms with Crippen molar-refractivity contribution in [3.63, 3.8) is 0 Å². The number of aromatic hydroxyl groups is 1. The zero-order valence-electron chi connectivity index (χ0n) is 21.1. The Morgan fingerprint density at radius 3 is 2.28 bits per heavy atom. The molecule has 0 fully saturated rings. The average Bonchev–Trinajstić information content (AvgIpc) is 3.30. The highest BCUT2D eigenvalue weighted by Gasteiger charge is 2.36. The van der Waals surface area contributed by atoms with Crippen LogP contribution >= 0.6 is 11.5 Å². The lowest BCUT2D eigenvalue weighted by Gasteiger charge is -2.31. The van der Waals surface area contributed by atoms with Crippen LogP contribution in [0.3, 0.4) is 0 Å². The molecule has 0 radical (unpaired) electrons. The number of phenolic OH excluding ortho intramolecular Hbond substituents is 1. The Balaban J connectivity index is 1.83. The maximum atomic E-state index is 14.1. The Morgan fingerprint density at radius 2 is 1.69 bits per heavy atom. The van der Waals surface area contributed by atoms with Crippen LogP contribution in [0.4, 0.5) is 15.8 Å². The van der Waals surface area contributed by atoms with E-state index in [1.165, 1.54) is 41.3 Å². The van der Waals surface area contributed by atoms with Gasteiger partial charge in [-0.15, -0.1) is 0 Å². The van der Waals surface area contributed by atoms with E-state index in [2.05, 4.69) is 9.69 Å². The molecule has 0 aliphatic rings. The van der Waals surface area contributed by atoms with E-state index >= 15 is 0 Å². The zero-order valence-corrected chi connectivity index (χ0v) is 22.0. The largest absolute Gasteiger partial charge is 0.508 e. The summed E-state index contributed by atoms with van der Waals surface area (Å²) in [7, 11) is 0. The summed E-state index contributed by atoms with van der Waals surface area (Å²) in [4.78, 5) is 40.9. The highest BCUT2D eigenvalue weighted by atomic mass is 32.1. The molecule has 0 unspecified atom stereocenters. The fourth-order valence-corrected chi connectivity index (χ4v) is 4.70.